The molecule has 1 aromatic rings. The standard InChI is InChI=1S/C13H20N2O/c1-11(14)13-4-2-3-12(9-13)10-15-5-7-16-8-6-15/h2-4,9,11H,5-8,10,14H2,1H3/t11-/m1/s1. The molecule has 0 amide bonds. The molecule has 3 heteroatoms. The molecular weight excluding hydrogens is 200 g/mol. The van der Waals surface area contributed by atoms with Crippen molar-refractivity contribution in [1.82, 2.24) is 4.90 Å². The van der Waals surface area contributed by atoms with Gasteiger partial charge in [-0.2, -0.15) is 0 Å². The molecule has 1 heterocycles. The molecule has 0 spiro atoms. The van der Waals surface area contributed by atoms with E-state index < -0.39 is 0 Å². The number of nitrogens with two attached hydrogens (primary N) is 1. The van der Waals surface area contributed by atoms with Crippen LogP contribution in [-0.4, -0.2) is 31.2 Å². The summed E-state index contributed by atoms with van der Waals surface area (Å²) in [4.78, 5) is 2.42. The lowest BCUT2D eigenvalue weighted by atomic mass is 10.1. The largest absolute Gasteiger partial charge is 0.379 e. The summed E-state index contributed by atoms with van der Waals surface area (Å²) in [5, 5.41) is 0. The quantitative estimate of drug-likeness (QED) is 0.839. The second kappa shape index (κ2) is 5.43. The number of hydrogen-bond donors (Lipinski definition) is 1. The molecule has 1 aliphatic rings. The predicted octanol–water partition coefficient (Wildman–Crippen LogP) is 1.54. The van der Waals surface area contributed by atoms with E-state index in [4.69, 9.17) is 10.5 Å². The molecule has 1 fully saturated rings. The maximum absolute atomic E-state index is 5.88. The lowest BCUT2D eigenvalue weighted by molar-refractivity contribution is 0.0342. The van der Waals surface area contributed by atoms with Crippen molar-refractivity contribution >= 4 is 0 Å². The van der Waals surface area contributed by atoms with Gasteiger partial charge in [-0.05, 0) is 18.1 Å². The smallest absolute Gasteiger partial charge is 0.0594 e. The monoisotopic (exact) mass is 220 g/mol. The van der Waals surface area contributed by atoms with Crippen molar-refractivity contribution in [3.05, 3.63) is 35.4 Å². The number of morpholine rings is 1. The highest BCUT2D eigenvalue weighted by Crippen LogP contribution is 2.14. The summed E-state index contributed by atoms with van der Waals surface area (Å²) in [5.41, 5.74) is 8.44. The number of hydrogen-bond acceptors (Lipinski definition) is 3. The van der Waals surface area contributed by atoms with Crippen LogP contribution in [0.2, 0.25) is 0 Å². The van der Waals surface area contributed by atoms with Gasteiger partial charge >= 0.3 is 0 Å². The molecule has 2 N–H and O–H groups in total. The third kappa shape index (κ3) is 3.04. The van der Waals surface area contributed by atoms with Crippen molar-refractivity contribution in [2.45, 2.75) is 19.5 Å². The van der Waals surface area contributed by atoms with Gasteiger partial charge in [-0.1, -0.05) is 24.3 Å². The topological polar surface area (TPSA) is 38.5 Å². The Morgan fingerprint density at radius 2 is 2.12 bits per heavy atom. The van der Waals surface area contributed by atoms with Crippen LogP contribution in [0.15, 0.2) is 24.3 Å². The summed E-state index contributed by atoms with van der Waals surface area (Å²) < 4.78 is 5.34. The van der Waals surface area contributed by atoms with Crippen molar-refractivity contribution in [3.8, 4) is 0 Å². The molecule has 0 aliphatic carbocycles. The summed E-state index contributed by atoms with van der Waals surface area (Å²) >= 11 is 0. The normalized spacial score (nSPS) is 19.6. The van der Waals surface area contributed by atoms with E-state index in [9.17, 15) is 0 Å². The third-order valence-electron chi connectivity index (χ3n) is 2.99. The van der Waals surface area contributed by atoms with Gasteiger partial charge < -0.3 is 10.5 Å². The average Bonchev–Trinajstić information content (AvgIpc) is 2.30. The van der Waals surface area contributed by atoms with E-state index in [2.05, 4.69) is 29.2 Å². The van der Waals surface area contributed by atoms with Gasteiger partial charge in [0.1, 0.15) is 0 Å². The van der Waals surface area contributed by atoms with E-state index in [1.54, 1.807) is 0 Å². The van der Waals surface area contributed by atoms with Crippen LogP contribution in [0.5, 0.6) is 0 Å². The summed E-state index contributed by atoms with van der Waals surface area (Å²) in [6.07, 6.45) is 0. The number of rotatable bonds is 3. The van der Waals surface area contributed by atoms with Crippen LogP contribution >= 0.6 is 0 Å². The van der Waals surface area contributed by atoms with Gasteiger partial charge in [-0.25, -0.2) is 0 Å². The van der Waals surface area contributed by atoms with Crippen LogP contribution in [0.1, 0.15) is 24.1 Å². The molecule has 16 heavy (non-hydrogen) atoms. The van der Waals surface area contributed by atoms with Crippen molar-refractivity contribution in [2.75, 3.05) is 26.3 Å². The minimum absolute atomic E-state index is 0.115. The molecule has 88 valence electrons. The highest BCUT2D eigenvalue weighted by Gasteiger charge is 2.10. The first-order valence-electron chi connectivity index (χ1n) is 5.90. The van der Waals surface area contributed by atoms with Crippen molar-refractivity contribution in [2.24, 2.45) is 5.73 Å². The Morgan fingerprint density at radius 3 is 2.81 bits per heavy atom. The van der Waals surface area contributed by atoms with E-state index in [0.717, 1.165) is 32.8 Å². The fourth-order valence-electron chi connectivity index (χ4n) is 1.99. The van der Waals surface area contributed by atoms with E-state index in [-0.39, 0.29) is 6.04 Å². The molecule has 0 saturated carbocycles. The molecule has 0 radical (unpaired) electrons. The predicted molar refractivity (Wildman–Crippen MR) is 65.1 cm³/mol. The zero-order valence-corrected chi connectivity index (χ0v) is 9.86. The number of ether oxygens (including phenoxy) is 1. The van der Waals surface area contributed by atoms with E-state index in [1.165, 1.54) is 11.1 Å². The van der Waals surface area contributed by atoms with Gasteiger partial charge in [-0.3, -0.25) is 4.90 Å². The Morgan fingerprint density at radius 1 is 1.38 bits per heavy atom. The molecule has 1 aliphatic heterocycles. The van der Waals surface area contributed by atoms with Gasteiger partial charge in [0.25, 0.3) is 0 Å². The van der Waals surface area contributed by atoms with E-state index in [1.807, 2.05) is 6.92 Å². The molecule has 2 rings (SSSR count). The maximum atomic E-state index is 5.88. The van der Waals surface area contributed by atoms with Crippen molar-refractivity contribution in [3.63, 3.8) is 0 Å². The lowest BCUT2D eigenvalue weighted by Crippen LogP contribution is -2.35. The highest BCUT2D eigenvalue weighted by atomic mass is 16.5. The lowest BCUT2D eigenvalue weighted by Gasteiger charge is -2.26. The van der Waals surface area contributed by atoms with Gasteiger partial charge in [0, 0.05) is 25.7 Å². The van der Waals surface area contributed by atoms with Gasteiger partial charge in [0.2, 0.25) is 0 Å². The van der Waals surface area contributed by atoms with Gasteiger partial charge in [0.05, 0.1) is 13.2 Å². The van der Waals surface area contributed by atoms with Gasteiger partial charge in [-0.15, -0.1) is 0 Å². The fourth-order valence-corrected chi connectivity index (χ4v) is 1.99. The molecule has 3 nitrogen and oxygen atoms in total. The van der Waals surface area contributed by atoms with E-state index in [0.29, 0.717) is 0 Å². The summed E-state index contributed by atoms with van der Waals surface area (Å²) in [6, 6.07) is 8.67. The molecular formula is C13H20N2O. The van der Waals surface area contributed by atoms with Crippen LogP contribution in [0.4, 0.5) is 0 Å². The molecule has 1 saturated heterocycles. The van der Waals surface area contributed by atoms with Crippen LogP contribution in [0.3, 0.4) is 0 Å². The van der Waals surface area contributed by atoms with Crippen LogP contribution in [0, 0.1) is 0 Å². The Balaban J connectivity index is 2.00. The van der Waals surface area contributed by atoms with Crippen LogP contribution in [-0.2, 0) is 11.3 Å². The molecule has 1 atom stereocenters. The first-order chi connectivity index (χ1) is 7.75. The Kier molecular flexibility index (Phi) is 3.93. The second-order valence-corrected chi connectivity index (χ2v) is 4.42. The summed E-state index contributed by atoms with van der Waals surface area (Å²) in [7, 11) is 0. The summed E-state index contributed by atoms with van der Waals surface area (Å²) in [5.74, 6) is 0. The zero-order valence-electron chi connectivity index (χ0n) is 9.86. The van der Waals surface area contributed by atoms with E-state index >= 15 is 0 Å². The van der Waals surface area contributed by atoms with Crippen LogP contribution < -0.4 is 5.73 Å². The second-order valence-electron chi connectivity index (χ2n) is 4.42. The first-order valence-corrected chi connectivity index (χ1v) is 5.90. The SMILES string of the molecule is C[C@@H](N)c1cccc(CN2CCOCC2)c1. The molecule has 0 unspecified atom stereocenters. The zero-order chi connectivity index (χ0) is 11.4. The van der Waals surface area contributed by atoms with Crippen LogP contribution in [0.25, 0.3) is 0 Å². The Labute approximate surface area is 97.2 Å². The average molecular weight is 220 g/mol. The first kappa shape index (κ1) is 11.6. The highest BCUT2D eigenvalue weighted by molar-refractivity contribution is 5.25. The molecule has 1 aromatic carbocycles. The Hall–Kier alpha value is -0.900. The van der Waals surface area contributed by atoms with Gasteiger partial charge in [0.15, 0.2) is 0 Å². The fraction of sp³-hybridized carbons (Fsp3) is 0.538. The third-order valence-corrected chi connectivity index (χ3v) is 2.99. The maximum Gasteiger partial charge on any atom is 0.0594 e. The molecule has 0 bridgehead atoms. The van der Waals surface area contributed by atoms with Crippen molar-refractivity contribution < 1.29 is 4.74 Å². The summed E-state index contributed by atoms with van der Waals surface area (Å²) in [6.45, 7) is 6.79. The number of benzene rings is 1. The van der Waals surface area contributed by atoms with Crippen molar-refractivity contribution in [1.29, 1.82) is 0 Å². The Bertz CT molecular complexity index is 332. The minimum atomic E-state index is 0.115. The minimum Gasteiger partial charge on any atom is -0.379 e. The molecule has 0 aromatic heterocycles. The number of nitrogens with zero attached hydrogens (tertiary/aromatic N) is 1.